The van der Waals surface area contributed by atoms with Crippen LogP contribution >= 0.6 is 0 Å². The second-order valence-corrected chi connectivity index (χ2v) is 9.04. The Morgan fingerprint density at radius 2 is 1.77 bits per heavy atom. The smallest absolute Gasteiger partial charge is 0.309 e. The van der Waals surface area contributed by atoms with E-state index in [4.69, 9.17) is 4.74 Å². The third kappa shape index (κ3) is 8.85. The predicted molar refractivity (Wildman–Crippen MR) is 122 cm³/mol. The number of ether oxygens (including phenoxy) is 1. The molecule has 1 aliphatic rings. The molecule has 166 valence electrons. The number of unbranched alkanes of at least 4 members (excludes halogenated alkanes) is 6. The molecular weight excluding hydrogens is 376 g/mol. The van der Waals surface area contributed by atoms with Gasteiger partial charge in [0.2, 0.25) is 0 Å². The van der Waals surface area contributed by atoms with E-state index in [0.717, 1.165) is 19.3 Å². The fourth-order valence-electron chi connectivity index (χ4n) is 4.12. The summed E-state index contributed by atoms with van der Waals surface area (Å²) in [5.41, 5.74) is -0.682. The van der Waals surface area contributed by atoms with E-state index < -0.39 is 17.3 Å². The monoisotopic (exact) mass is 414 g/mol. The Labute approximate surface area is 181 Å². The molecule has 0 amide bonds. The van der Waals surface area contributed by atoms with Crippen molar-refractivity contribution in [1.29, 1.82) is 0 Å². The minimum absolute atomic E-state index is 0.0189. The van der Waals surface area contributed by atoms with Gasteiger partial charge >= 0.3 is 5.97 Å². The first-order chi connectivity index (χ1) is 14.3. The molecule has 2 rings (SSSR count). The highest BCUT2D eigenvalue weighted by Gasteiger charge is 2.48. The van der Waals surface area contributed by atoms with Crippen molar-refractivity contribution < 1.29 is 19.7 Å². The van der Waals surface area contributed by atoms with Crippen LogP contribution in [0.5, 0.6) is 0 Å². The van der Waals surface area contributed by atoms with Crippen LogP contribution in [0.2, 0.25) is 0 Å². The summed E-state index contributed by atoms with van der Waals surface area (Å²) in [6.07, 6.45) is 16.6. The van der Waals surface area contributed by atoms with Gasteiger partial charge in [-0.25, -0.2) is 0 Å². The number of benzene rings is 1. The van der Waals surface area contributed by atoms with Crippen molar-refractivity contribution in [3.63, 3.8) is 0 Å². The predicted octanol–water partition coefficient (Wildman–Crippen LogP) is 5.58. The van der Waals surface area contributed by atoms with Crippen molar-refractivity contribution in [2.75, 3.05) is 0 Å². The lowest BCUT2D eigenvalue weighted by Gasteiger charge is -2.34. The molecule has 0 bridgehead atoms. The molecule has 4 heteroatoms. The van der Waals surface area contributed by atoms with E-state index in [9.17, 15) is 15.0 Å². The fraction of sp³-hybridized carbons (Fsp3) is 0.577. The molecule has 2 N–H and O–H groups in total. The van der Waals surface area contributed by atoms with Gasteiger partial charge in [0.15, 0.2) is 0 Å². The van der Waals surface area contributed by atoms with Gasteiger partial charge in [-0.2, -0.15) is 0 Å². The molecule has 4 nitrogen and oxygen atoms in total. The molecule has 0 aromatic heterocycles. The van der Waals surface area contributed by atoms with Gasteiger partial charge in [0, 0.05) is 6.42 Å². The molecule has 1 aromatic carbocycles. The van der Waals surface area contributed by atoms with Crippen molar-refractivity contribution in [1.82, 2.24) is 0 Å². The summed E-state index contributed by atoms with van der Waals surface area (Å²) >= 11 is 0. The first-order valence-electron chi connectivity index (χ1n) is 11.3. The van der Waals surface area contributed by atoms with Gasteiger partial charge in [0.05, 0.1) is 12.0 Å². The molecule has 1 aliphatic heterocycles. The summed E-state index contributed by atoms with van der Waals surface area (Å²) in [7, 11) is 0. The quantitative estimate of drug-likeness (QED) is 0.251. The summed E-state index contributed by atoms with van der Waals surface area (Å²) in [6, 6.07) is 10.3. The average molecular weight is 415 g/mol. The first-order valence-corrected chi connectivity index (χ1v) is 11.3. The van der Waals surface area contributed by atoms with Gasteiger partial charge in [-0.05, 0) is 38.7 Å². The number of esters is 1. The number of aliphatic hydroxyl groups excluding tert-OH is 1. The zero-order valence-corrected chi connectivity index (χ0v) is 18.6. The van der Waals surface area contributed by atoms with Crippen molar-refractivity contribution in [2.45, 2.75) is 95.4 Å². The third-order valence-electron chi connectivity index (χ3n) is 5.82. The maximum absolute atomic E-state index is 11.4. The van der Waals surface area contributed by atoms with E-state index >= 15 is 0 Å². The lowest BCUT2D eigenvalue weighted by atomic mass is 9.83. The zero-order chi connectivity index (χ0) is 21.9. The average Bonchev–Trinajstić information content (AvgIpc) is 2.93. The van der Waals surface area contributed by atoms with E-state index in [1.807, 2.05) is 18.2 Å². The number of allylic oxidation sites excluding steroid dienone is 3. The van der Waals surface area contributed by atoms with Crippen LogP contribution < -0.4 is 0 Å². The fourth-order valence-corrected chi connectivity index (χ4v) is 4.12. The number of cyclic esters (lactones) is 1. The number of hydrogen-bond acceptors (Lipinski definition) is 4. The molecule has 30 heavy (non-hydrogen) atoms. The van der Waals surface area contributed by atoms with Crippen LogP contribution in [-0.4, -0.2) is 33.5 Å². The Hall–Kier alpha value is -1.91. The van der Waals surface area contributed by atoms with Crippen LogP contribution in [0.3, 0.4) is 0 Å². The maximum Gasteiger partial charge on any atom is 0.309 e. The Morgan fingerprint density at radius 1 is 1.10 bits per heavy atom. The SMILES string of the molecule is C[C@](O)(CCCCCCCC/C=C/C=C/c1ccccc1)C[C@]1(C)OC(=O)C[C@@H]1O. The highest BCUT2D eigenvalue weighted by Crippen LogP contribution is 2.36. The number of carbonyl (C=O) groups excluding carboxylic acids is 1. The lowest BCUT2D eigenvalue weighted by Crippen LogP contribution is -2.44. The third-order valence-corrected chi connectivity index (χ3v) is 5.82. The summed E-state index contributed by atoms with van der Waals surface area (Å²) in [4.78, 5) is 11.4. The number of hydrogen-bond donors (Lipinski definition) is 2. The normalized spacial score (nSPS) is 23.9. The minimum Gasteiger partial charge on any atom is -0.456 e. The van der Waals surface area contributed by atoms with E-state index in [1.165, 1.54) is 31.2 Å². The number of aliphatic hydroxyl groups is 2. The highest BCUT2D eigenvalue weighted by atomic mass is 16.6. The second-order valence-electron chi connectivity index (χ2n) is 9.04. The van der Waals surface area contributed by atoms with E-state index in [1.54, 1.807) is 13.8 Å². The largest absolute Gasteiger partial charge is 0.456 e. The maximum atomic E-state index is 11.4. The minimum atomic E-state index is -0.968. The molecule has 1 fully saturated rings. The lowest BCUT2D eigenvalue weighted by molar-refractivity contribution is -0.155. The summed E-state index contributed by atoms with van der Waals surface area (Å²) < 4.78 is 5.27. The number of rotatable bonds is 13. The molecule has 0 radical (unpaired) electrons. The van der Waals surface area contributed by atoms with Crippen LogP contribution in [-0.2, 0) is 9.53 Å². The molecule has 0 aliphatic carbocycles. The zero-order valence-electron chi connectivity index (χ0n) is 18.6. The van der Waals surface area contributed by atoms with E-state index in [0.29, 0.717) is 6.42 Å². The van der Waals surface area contributed by atoms with Crippen LogP contribution in [0.15, 0.2) is 48.6 Å². The van der Waals surface area contributed by atoms with Crippen molar-refractivity contribution in [3.05, 3.63) is 54.1 Å². The second kappa shape index (κ2) is 12.1. The molecule has 0 unspecified atom stereocenters. The van der Waals surface area contributed by atoms with Crippen molar-refractivity contribution >= 4 is 12.0 Å². The number of carbonyl (C=O) groups is 1. The molecule has 1 saturated heterocycles. The molecule has 1 heterocycles. The summed E-state index contributed by atoms with van der Waals surface area (Å²) in [5, 5.41) is 20.7. The summed E-state index contributed by atoms with van der Waals surface area (Å²) in [5.74, 6) is -0.386. The first kappa shape index (κ1) is 24.4. The van der Waals surface area contributed by atoms with Crippen LogP contribution in [0, 0.1) is 0 Å². The summed E-state index contributed by atoms with van der Waals surface area (Å²) in [6.45, 7) is 3.48. The Morgan fingerprint density at radius 3 is 2.43 bits per heavy atom. The van der Waals surface area contributed by atoms with Crippen LogP contribution in [0.1, 0.15) is 83.6 Å². The van der Waals surface area contributed by atoms with Gasteiger partial charge in [0.1, 0.15) is 11.7 Å². The van der Waals surface area contributed by atoms with E-state index in [2.05, 4.69) is 36.4 Å². The van der Waals surface area contributed by atoms with Gasteiger partial charge in [-0.1, -0.05) is 86.7 Å². The molecule has 0 spiro atoms. The Balaban J connectivity index is 1.49. The molecule has 0 saturated carbocycles. The standard InChI is InChI=1S/C26H38O4/c1-25(29,21-26(2)23(27)20-24(28)30-26)19-15-10-8-6-4-3-5-7-9-12-16-22-17-13-11-14-18-22/h7,9,11-14,16-18,23,27,29H,3-6,8,10,15,19-21H2,1-2H3/b9-7+,16-12+/t23-,25-,26-/m0/s1. The highest BCUT2D eigenvalue weighted by molar-refractivity contribution is 5.73. The van der Waals surface area contributed by atoms with Gasteiger partial charge in [0.25, 0.3) is 0 Å². The van der Waals surface area contributed by atoms with Gasteiger partial charge in [-0.3, -0.25) is 4.79 Å². The van der Waals surface area contributed by atoms with Gasteiger partial charge < -0.3 is 14.9 Å². The van der Waals surface area contributed by atoms with Crippen molar-refractivity contribution in [3.8, 4) is 0 Å². The van der Waals surface area contributed by atoms with E-state index in [-0.39, 0.29) is 18.8 Å². The van der Waals surface area contributed by atoms with Crippen LogP contribution in [0.4, 0.5) is 0 Å². The topological polar surface area (TPSA) is 66.8 Å². The molecule has 3 atom stereocenters. The Bertz CT molecular complexity index is 692. The van der Waals surface area contributed by atoms with Crippen LogP contribution in [0.25, 0.3) is 6.08 Å². The van der Waals surface area contributed by atoms with Gasteiger partial charge in [-0.15, -0.1) is 0 Å². The Kier molecular flexibility index (Phi) is 9.80. The molecular formula is C26H38O4. The molecule has 1 aromatic rings. The van der Waals surface area contributed by atoms with Crippen molar-refractivity contribution in [2.24, 2.45) is 0 Å².